The van der Waals surface area contributed by atoms with Crippen molar-refractivity contribution >= 4 is 15.8 Å². The highest BCUT2D eigenvalue weighted by Crippen LogP contribution is 2.32. The van der Waals surface area contributed by atoms with Gasteiger partial charge in [0.1, 0.15) is 0 Å². The Kier molecular flexibility index (Phi) is 2.87. The fourth-order valence-electron chi connectivity index (χ4n) is 2.85. The molecular weight excluding hydrogens is 266 g/mol. The van der Waals surface area contributed by atoms with Crippen LogP contribution in [0.25, 0.3) is 0 Å². The summed E-state index contributed by atoms with van der Waals surface area (Å²) < 4.78 is 23.5. The van der Waals surface area contributed by atoms with Gasteiger partial charge in [0.15, 0.2) is 9.84 Å². The minimum absolute atomic E-state index is 0.00899. The van der Waals surface area contributed by atoms with Gasteiger partial charge in [0.25, 0.3) is 0 Å². The zero-order chi connectivity index (χ0) is 13.6. The first-order chi connectivity index (χ1) is 8.97. The third kappa shape index (κ3) is 2.15. The normalized spacial score (nSPS) is 28.2. The standard InChI is InChI=1S/C13H15NO4S/c15-13(16)10-6-11(14-7-10)8-1-2-12-9(5-8)3-4-19(12,17)18/h1-2,5,10-11,14H,3-4,6-7H2,(H,15,16). The first-order valence-electron chi connectivity index (χ1n) is 6.29. The lowest BCUT2D eigenvalue weighted by molar-refractivity contribution is -0.141. The molecule has 1 fully saturated rings. The third-order valence-electron chi connectivity index (χ3n) is 3.94. The van der Waals surface area contributed by atoms with E-state index in [0.717, 1.165) is 11.1 Å². The molecule has 2 atom stereocenters. The molecule has 0 aromatic heterocycles. The zero-order valence-corrected chi connectivity index (χ0v) is 11.1. The highest BCUT2D eigenvalue weighted by atomic mass is 32.2. The van der Waals surface area contributed by atoms with Crippen LogP contribution in [-0.2, 0) is 21.1 Å². The van der Waals surface area contributed by atoms with Gasteiger partial charge in [-0.2, -0.15) is 0 Å². The summed E-state index contributed by atoms with van der Waals surface area (Å²) in [5.74, 6) is -0.956. The first-order valence-corrected chi connectivity index (χ1v) is 7.94. The molecule has 1 saturated heterocycles. The summed E-state index contributed by atoms with van der Waals surface area (Å²) in [6, 6.07) is 5.36. The molecule has 1 aromatic carbocycles. The van der Waals surface area contributed by atoms with Crippen LogP contribution in [0.4, 0.5) is 0 Å². The van der Waals surface area contributed by atoms with Crippen molar-refractivity contribution in [2.24, 2.45) is 5.92 Å². The Labute approximate surface area is 111 Å². The number of aryl methyl sites for hydroxylation is 1. The zero-order valence-electron chi connectivity index (χ0n) is 10.3. The molecule has 2 aliphatic heterocycles. The van der Waals surface area contributed by atoms with Gasteiger partial charge in [0.2, 0.25) is 0 Å². The van der Waals surface area contributed by atoms with E-state index in [-0.39, 0.29) is 17.7 Å². The van der Waals surface area contributed by atoms with E-state index >= 15 is 0 Å². The number of benzene rings is 1. The maximum atomic E-state index is 11.7. The van der Waals surface area contributed by atoms with Crippen molar-refractivity contribution in [2.45, 2.75) is 23.8 Å². The van der Waals surface area contributed by atoms with E-state index in [9.17, 15) is 13.2 Å². The average Bonchev–Trinajstić information content (AvgIpc) is 2.95. The summed E-state index contributed by atoms with van der Waals surface area (Å²) in [4.78, 5) is 11.4. The minimum atomic E-state index is -3.08. The molecule has 0 amide bonds. The van der Waals surface area contributed by atoms with Crippen molar-refractivity contribution in [3.05, 3.63) is 29.3 Å². The Morgan fingerprint density at radius 3 is 2.84 bits per heavy atom. The fourth-order valence-corrected chi connectivity index (χ4v) is 4.39. The largest absolute Gasteiger partial charge is 0.481 e. The van der Waals surface area contributed by atoms with Crippen molar-refractivity contribution in [1.29, 1.82) is 0 Å². The van der Waals surface area contributed by atoms with Crippen LogP contribution in [0.15, 0.2) is 23.1 Å². The molecule has 1 aromatic rings. The summed E-state index contributed by atoms with van der Waals surface area (Å²) in [5, 5.41) is 12.2. The van der Waals surface area contributed by atoms with Crippen LogP contribution in [0.1, 0.15) is 23.6 Å². The molecule has 2 unspecified atom stereocenters. The van der Waals surface area contributed by atoms with Gasteiger partial charge in [-0.1, -0.05) is 12.1 Å². The molecule has 0 bridgehead atoms. The molecule has 19 heavy (non-hydrogen) atoms. The second-order valence-electron chi connectivity index (χ2n) is 5.17. The number of hydrogen-bond acceptors (Lipinski definition) is 4. The molecule has 0 radical (unpaired) electrons. The summed E-state index contributed by atoms with van der Waals surface area (Å²) in [6.45, 7) is 0.468. The number of nitrogens with one attached hydrogen (secondary N) is 1. The van der Waals surface area contributed by atoms with E-state index in [1.165, 1.54) is 0 Å². The summed E-state index contributed by atoms with van der Waals surface area (Å²) in [5.41, 5.74) is 1.85. The predicted octanol–water partition coefficient (Wildman–Crippen LogP) is 0.752. The molecule has 3 rings (SSSR count). The van der Waals surface area contributed by atoms with Gasteiger partial charge in [-0.3, -0.25) is 4.79 Å². The van der Waals surface area contributed by atoms with Crippen LogP contribution in [0.5, 0.6) is 0 Å². The highest BCUT2D eigenvalue weighted by Gasteiger charge is 2.32. The van der Waals surface area contributed by atoms with E-state index in [4.69, 9.17) is 5.11 Å². The van der Waals surface area contributed by atoms with Crippen LogP contribution < -0.4 is 5.32 Å². The Bertz CT molecular complexity index is 638. The maximum Gasteiger partial charge on any atom is 0.307 e. The second-order valence-corrected chi connectivity index (χ2v) is 7.25. The second kappa shape index (κ2) is 4.31. The Morgan fingerprint density at radius 1 is 1.37 bits per heavy atom. The number of aliphatic carboxylic acids is 1. The van der Waals surface area contributed by atoms with Crippen molar-refractivity contribution in [2.75, 3.05) is 12.3 Å². The molecule has 5 nitrogen and oxygen atoms in total. The third-order valence-corrected chi connectivity index (χ3v) is 5.75. The molecule has 2 heterocycles. The summed E-state index contributed by atoms with van der Waals surface area (Å²) in [7, 11) is -3.08. The Morgan fingerprint density at radius 2 is 2.16 bits per heavy atom. The van der Waals surface area contributed by atoms with Crippen LogP contribution in [0.3, 0.4) is 0 Å². The van der Waals surface area contributed by atoms with Gasteiger partial charge in [-0.05, 0) is 30.0 Å². The SMILES string of the molecule is O=C(O)C1CNC(c2ccc3c(c2)CCS3(=O)=O)C1. The lowest BCUT2D eigenvalue weighted by Crippen LogP contribution is -2.17. The molecule has 2 aliphatic rings. The topological polar surface area (TPSA) is 83.5 Å². The van der Waals surface area contributed by atoms with Crippen molar-refractivity contribution in [3.63, 3.8) is 0 Å². The molecule has 0 spiro atoms. The lowest BCUT2D eigenvalue weighted by Gasteiger charge is -2.12. The van der Waals surface area contributed by atoms with Gasteiger partial charge in [0.05, 0.1) is 16.6 Å². The van der Waals surface area contributed by atoms with E-state index in [2.05, 4.69) is 5.32 Å². The number of carbonyl (C=O) groups is 1. The number of carboxylic acids is 1. The molecule has 2 N–H and O–H groups in total. The first kappa shape index (κ1) is 12.6. The van der Waals surface area contributed by atoms with E-state index < -0.39 is 15.8 Å². The Hall–Kier alpha value is -1.40. The number of carboxylic acid groups (broad SMARTS) is 1. The van der Waals surface area contributed by atoms with Crippen LogP contribution in [0, 0.1) is 5.92 Å². The van der Waals surface area contributed by atoms with Gasteiger partial charge in [0, 0.05) is 12.6 Å². The minimum Gasteiger partial charge on any atom is -0.481 e. The van der Waals surface area contributed by atoms with Gasteiger partial charge >= 0.3 is 5.97 Å². The molecule has 6 heteroatoms. The molecule has 0 saturated carbocycles. The molecule has 0 aliphatic carbocycles. The smallest absolute Gasteiger partial charge is 0.307 e. The molecule has 102 valence electrons. The van der Waals surface area contributed by atoms with E-state index in [1.54, 1.807) is 12.1 Å². The number of hydrogen-bond donors (Lipinski definition) is 2. The summed E-state index contributed by atoms with van der Waals surface area (Å²) >= 11 is 0. The Balaban J connectivity index is 1.87. The maximum absolute atomic E-state index is 11.7. The fraction of sp³-hybridized carbons (Fsp3) is 0.462. The highest BCUT2D eigenvalue weighted by molar-refractivity contribution is 7.91. The van der Waals surface area contributed by atoms with Gasteiger partial charge < -0.3 is 10.4 Å². The monoisotopic (exact) mass is 281 g/mol. The van der Waals surface area contributed by atoms with Crippen molar-refractivity contribution in [3.8, 4) is 0 Å². The number of fused-ring (bicyclic) bond motifs is 1. The van der Waals surface area contributed by atoms with Crippen molar-refractivity contribution in [1.82, 2.24) is 5.32 Å². The number of sulfone groups is 1. The van der Waals surface area contributed by atoms with Gasteiger partial charge in [-0.25, -0.2) is 8.42 Å². The van der Waals surface area contributed by atoms with Crippen LogP contribution in [0.2, 0.25) is 0 Å². The van der Waals surface area contributed by atoms with Crippen LogP contribution >= 0.6 is 0 Å². The van der Waals surface area contributed by atoms with E-state index in [0.29, 0.717) is 24.3 Å². The quantitative estimate of drug-likeness (QED) is 0.836. The summed E-state index contributed by atoms with van der Waals surface area (Å²) in [6.07, 6.45) is 1.11. The predicted molar refractivity (Wildman–Crippen MR) is 68.7 cm³/mol. The van der Waals surface area contributed by atoms with E-state index in [1.807, 2.05) is 6.07 Å². The number of rotatable bonds is 2. The van der Waals surface area contributed by atoms with Crippen LogP contribution in [-0.4, -0.2) is 31.8 Å². The average molecular weight is 281 g/mol. The molecular formula is C13H15NO4S. The van der Waals surface area contributed by atoms with Crippen molar-refractivity contribution < 1.29 is 18.3 Å². The van der Waals surface area contributed by atoms with Gasteiger partial charge in [-0.15, -0.1) is 0 Å². The lowest BCUT2D eigenvalue weighted by atomic mass is 9.98.